The van der Waals surface area contributed by atoms with Gasteiger partial charge in [-0.2, -0.15) is 4.31 Å². The summed E-state index contributed by atoms with van der Waals surface area (Å²) in [6.07, 6.45) is 0. The number of ether oxygens (including phenoxy) is 1. The Labute approximate surface area is 170 Å². The predicted octanol–water partition coefficient (Wildman–Crippen LogP) is 2.76. The molecule has 1 N–H and O–H groups in total. The van der Waals surface area contributed by atoms with E-state index in [1.54, 1.807) is 19.1 Å². The van der Waals surface area contributed by atoms with Crippen LogP contribution in [0.3, 0.4) is 0 Å². The second-order valence-corrected chi connectivity index (χ2v) is 8.03. The topological polar surface area (TPSA) is 75.7 Å². The fraction of sp³-hybridized carbons (Fsp3) is 0.316. The van der Waals surface area contributed by atoms with Crippen molar-refractivity contribution >= 4 is 28.4 Å². The third-order valence-corrected chi connectivity index (χ3v) is 6.32. The van der Waals surface area contributed by atoms with Gasteiger partial charge >= 0.3 is 5.97 Å². The van der Waals surface area contributed by atoms with Crippen LogP contribution in [0.1, 0.15) is 28.9 Å². The lowest BCUT2D eigenvalue weighted by molar-refractivity contribution is 0.0526. The molecule has 2 aromatic rings. The van der Waals surface area contributed by atoms with E-state index in [1.165, 1.54) is 40.7 Å². The van der Waals surface area contributed by atoms with Gasteiger partial charge in [-0.1, -0.05) is 12.1 Å². The highest BCUT2D eigenvalue weighted by Gasteiger charge is 2.34. The number of nitrogens with one attached hydrogen (secondary N) is 1. The van der Waals surface area contributed by atoms with E-state index in [2.05, 4.69) is 5.32 Å². The number of esters is 1. The fourth-order valence-electron chi connectivity index (χ4n) is 3.08. The summed E-state index contributed by atoms with van der Waals surface area (Å²) in [4.78, 5) is 11.8. The molecule has 152 valence electrons. The molecule has 0 spiro atoms. The Morgan fingerprint density at radius 3 is 2.61 bits per heavy atom. The van der Waals surface area contributed by atoms with Gasteiger partial charge in [-0.15, -0.1) is 12.4 Å². The van der Waals surface area contributed by atoms with Crippen molar-refractivity contribution in [2.75, 3.05) is 26.2 Å². The summed E-state index contributed by atoms with van der Waals surface area (Å²) in [5, 5.41) is 3.15. The van der Waals surface area contributed by atoms with Crippen LogP contribution in [0.15, 0.2) is 53.4 Å². The zero-order valence-electron chi connectivity index (χ0n) is 15.3. The normalized spacial score (nSPS) is 17.6. The Morgan fingerprint density at radius 1 is 1.25 bits per heavy atom. The molecule has 0 aliphatic carbocycles. The molecule has 1 heterocycles. The summed E-state index contributed by atoms with van der Waals surface area (Å²) in [6.45, 7) is 3.11. The molecule has 1 aliphatic heterocycles. The van der Waals surface area contributed by atoms with E-state index in [0.29, 0.717) is 18.7 Å². The van der Waals surface area contributed by atoms with Crippen molar-refractivity contribution in [1.29, 1.82) is 0 Å². The van der Waals surface area contributed by atoms with Crippen LogP contribution >= 0.6 is 12.4 Å². The van der Waals surface area contributed by atoms with Crippen LogP contribution in [0.5, 0.6) is 0 Å². The number of benzene rings is 2. The maximum absolute atomic E-state index is 13.6. The molecule has 3 rings (SSSR count). The second-order valence-electron chi connectivity index (χ2n) is 6.14. The largest absolute Gasteiger partial charge is 0.462 e. The Balaban J connectivity index is 0.00000280. The number of hydrogen-bond acceptors (Lipinski definition) is 5. The fourth-order valence-corrected chi connectivity index (χ4v) is 4.70. The molecule has 0 radical (unpaired) electrons. The van der Waals surface area contributed by atoms with Crippen molar-refractivity contribution in [1.82, 2.24) is 9.62 Å². The SMILES string of the molecule is CCOC(=O)c1ccc(S(=O)(=O)N2CCNCC2c2cccc(F)c2)cc1.Cl. The van der Waals surface area contributed by atoms with Crippen LogP contribution in [0.2, 0.25) is 0 Å². The highest BCUT2D eigenvalue weighted by atomic mass is 35.5. The number of sulfonamides is 1. The van der Waals surface area contributed by atoms with Crippen LogP contribution in [0.4, 0.5) is 4.39 Å². The van der Waals surface area contributed by atoms with Gasteiger partial charge in [-0.05, 0) is 48.9 Å². The minimum Gasteiger partial charge on any atom is -0.462 e. The monoisotopic (exact) mass is 428 g/mol. The molecule has 1 saturated heterocycles. The standard InChI is InChI=1S/C19H21FN2O4S.ClH/c1-2-26-19(23)14-6-8-17(9-7-14)27(24,25)22-11-10-21-13-18(22)15-4-3-5-16(20)12-15;/h3-9,12,18,21H,2,10-11,13H2,1H3;1H. The van der Waals surface area contributed by atoms with Crippen LogP contribution in [0, 0.1) is 5.82 Å². The van der Waals surface area contributed by atoms with Crippen molar-refractivity contribution in [3.63, 3.8) is 0 Å². The maximum Gasteiger partial charge on any atom is 0.338 e. The van der Waals surface area contributed by atoms with Gasteiger partial charge in [0, 0.05) is 19.6 Å². The van der Waals surface area contributed by atoms with Crippen molar-refractivity contribution in [2.24, 2.45) is 0 Å². The first-order valence-corrected chi connectivity index (χ1v) is 10.1. The van der Waals surface area contributed by atoms with E-state index in [4.69, 9.17) is 4.74 Å². The quantitative estimate of drug-likeness (QED) is 0.741. The van der Waals surface area contributed by atoms with Gasteiger partial charge in [0.25, 0.3) is 0 Å². The lowest BCUT2D eigenvalue weighted by atomic mass is 10.1. The molecule has 0 amide bonds. The Kier molecular flexibility index (Phi) is 7.54. The van der Waals surface area contributed by atoms with Crippen LogP contribution < -0.4 is 5.32 Å². The summed E-state index contributed by atoms with van der Waals surface area (Å²) < 4.78 is 46.2. The highest BCUT2D eigenvalue weighted by molar-refractivity contribution is 7.89. The molecule has 1 aliphatic rings. The lowest BCUT2D eigenvalue weighted by Gasteiger charge is -2.35. The summed E-state index contributed by atoms with van der Waals surface area (Å²) >= 11 is 0. The molecule has 0 saturated carbocycles. The highest BCUT2D eigenvalue weighted by Crippen LogP contribution is 2.29. The lowest BCUT2D eigenvalue weighted by Crippen LogP contribution is -2.48. The third-order valence-electron chi connectivity index (χ3n) is 4.40. The average Bonchev–Trinajstić information content (AvgIpc) is 2.68. The van der Waals surface area contributed by atoms with Gasteiger partial charge in [-0.25, -0.2) is 17.6 Å². The molecule has 2 aromatic carbocycles. The zero-order valence-corrected chi connectivity index (χ0v) is 16.9. The number of nitrogens with zero attached hydrogens (tertiary/aromatic N) is 1. The molecular formula is C19H22ClFN2O4S. The number of piperazine rings is 1. The van der Waals surface area contributed by atoms with Gasteiger partial charge in [0.05, 0.1) is 23.1 Å². The molecule has 6 nitrogen and oxygen atoms in total. The van der Waals surface area contributed by atoms with Crippen molar-refractivity contribution in [3.8, 4) is 0 Å². The van der Waals surface area contributed by atoms with Gasteiger partial charge in [0.15, 0.2) is 0 Å². The Morgan fingerprint density at radius 2 is 1.96 bits per heavy atom. The molecule has 0 aromatic heterocycles. The van der Waals surface area contributed by atoms with Crippen LogP contribution in [-0.4, -0.2) is 44.9 Å². The third kappa shape index (κ3) is 4.70. The van der Waals surface area contributed by atoms with E-state index in [-0.39, 0.29) is 36.0 Å². The molecule has 28 heavy (non-hydrogen) atoms. The van der Waals surface area contributed by atoms with E-state index in [0.717, 1.165) is 0 Å². The summed E-state index contributed by atoms with van der Waals surface area (Å²) in [6, 6.07) is 11.1. The van der Waals surface area contributed by atoms with Gasteiger partial charge in [0.2, 0.25) is 10.0 Å². The molecule has 1 unspecified atom stereocenters. The smallest absolute Gasteiger partial charge is 0.338 e. The molecule has 1 fully saturated rings. The molecule has 9 heteroatoms. The molecule has 1 atom stereocenters. The van der Waals surface area contributed by atoms with E-state index in [1.807, 2.05) is 0 Å². The van der Waals surface area contributed by atoms with Crippen molar-refractivity contribution in [2.45, 2.75) is 17.9 Å². The van der Waals surface area contributed by atoms with Crippen molar-refractivity contribution in [3.05, 3.63) is 65.5 Å². The summed E-state index contributed by atoms with van der Waals surface area (Å²) in [5.74, 6) is -0.907. The van der Waals surface area contributed by atoms with E-state index >= 15 is 0 Å². The number of rotatable bonds is 5. The minimum absolute atomic E-state index is 0. The van der Waals surface area contributed by atoms with E-state index < -0.39 is 27.9 Å². The molecule has 0 bridgehead atoms. The van der Waals surface area contributed by atoms with Gasteiger partial charge in [0.1, 0.15) is 5.82 Å². The van der Waals surface area contributed by atoms with Crippen molar-refractivity contribution < 1.29 is 22.3 Å². The van der Waals surface area contributed by atoms with Gasteiger partial charge in [-0.3, -0.25) is 0 Å². The first-order valence-electron chi connectivity index (χ1n) is 8.68. The number of carbonyl (C=O) groups excluding carboxylic acids is 1. The second kappa shape index (κ2) is 9.47. The Bertz CT molecular complexity index is 922. The Hall–Kier alpha value is -2.00. The minimum atomic E-state index is -3.81. The maximum atomic E-state index is 13.6. The first-order chi connectivity index (χ1) is 12.9. The summed E-state index contributed by atoms with van der Waals surface area (Å²) in [7, 11) is -3.81. The summed E-state index contributed by atoms with van der Waals surface area (Å²) in [5.41, 5.74) is 0.881. The zero-order chi connectivity index (χ0) is 19.4. The number of halogens is 2. The predicted molar refractivity (Wildman–Crippen MR) is 106 cm³/mol. The van der Waals surface area contributed by atoms with E-state index in [9.17, 15) is 17.6 Å². The number of hydrogen-bond donors (Lipinski definition) is 1. The molecular weight excluding hydrogens is 407 g/mol. The average molecular weight is 429 g/mol. The van der Waals surface area contributed by atoms with Crippen LogP contribution in [0.25, 0.3) is 0 Å². The number of carbonyl (C=O) groups is 1. The van der Waals surface area contributed by atoms with Gasteiger partial charge < -0.3 is 10.1 Å². The first kappa shape index (κ1) is 22.3. The van der Waals surface area contributed by atoms with Crippen LogP contribution in [-0.2, 0) is 14.8 Å².